The second kappa shape index (κ2) is 8.56. The summed E-state index contributed by atoms with van der Waals surface area (Å²) in [5.74, 6) is -0.162. The van der Waals surface area contributed by atoms with Gasteiger partial charge in [-0.05, 0) is 6.42 Å². The van der Waals surface area contributed by atoms with E-state index in [1.54, 1.807) is 7.05 Å². The van der Waals surface area contributed by atoms with Gasteiger partial charge in [-0.3, -0.25) is 9.63 Å². The summed E-state index contributed by atoms with van der Waals surface area (Å²) >= 11 is 4.64. The van der Waals surface area contributed by atoms with E-state index in [9.17, 15) is 4.79 Å². The van der Waals surface area contributed by atoms with Crippen molar-refractivity contribution in [2.45, 2.75) is 13.3 Å². The number of hydroxylamine groups is 2. The minimum Gasteiger partial charge on any atom is -0.274 e. The summed E-state index contributed by atoms with van der Waals surface area (Å²) in [6, 6.07) is 0. The van der Waals surface area contributed by atoms with Crippen LogP contribution in [0.25, 0.3) is 0 Å². The lowest BCUT2D eigenvalue weighted by Gasteiger charge is -2.13. The Morgan fingerprint density at radius 3 is 2.25 bits per heavy atom. The largest absolute Gasteiger partial charge is 0.274 e. The van der Waals surface area contributed by atoms with Crippen LogP contribution in [-0.2, 0) is 9.63 Å². The number of rotatable bonds is 3. The molecule has 0 rings (SSSR count). The van der Waals surface area contributed by atoms with Gasteiger partial charge in [0.15, 0.2) is 0 Å². The molecule has 0 aromatic heterocycles. The minimum atomic E-state index is -0.162. The normalized spacial score (nSPS) is 8.08. The molecule has 3 nitrogen and oxygen atoms in total. The maximum Gasteiger partial charge on any atom is 0.272 e. The minimum absolute atomic E-state index is 0.162. The van der Waals surface area contributed by atoms with Crippen molar-refractivity contribution in [1.29, 1.82) is 0 Å². The fraction of sp³-hybridized carbons (Fsp3) is 0.625. The van der Waals surface area contributed by atoms with Crippen LogP contribution in [-0.4, -0.2) is 31.5 Å². The van der Waals surface area contributed by atoms with Crippen LogP contribution in [0.2, 0.25) is 0 Å². The van der Waals surface area contributed by atoms with E-state index in [-0.39, 0.29) is 5.91 Å². The molecule has 0 bridgehead atoms. The molecule has 72 valence electrons. The number of nitrogens with zero attached hydrogens (tertiary/aromatic N) is 1. The van der Waals surface area contributed by atoms with Gasteiger partial charge in [-0.2, -0.15) is 0 Å². The van der Waals surface area contributed by atoms with E-state index in [4.69, 9.17) is 0 Å². The second-order valence-corrected chi connectivity index (χ2v) is 1.94. The van der Waals surface area contributed by atoms with Gasteiger partial charge >= 0.3 is 0 Å². The Kier molecular flexibility index (Phi) is 9.99. The van der Waals surface area contributed by atoms with Crippen molar-refractivity contribution in [1.82, 2.24) is 5.06 Å². The first-order valence-corrected chi connectivity index (χ1v) is 4.26. The summed E-state index contributed by atoms with van der Waals surface area (Å²) in [7, 11) is 3.00. The van der Waals surface area contributed by atoms with Crippen molar-refractivity contribution in [2.24, 2.45) is 0 Å². The summed E-state index contributed by atoms with van der Waals surface area (Å²) in [6.07, 6.45) is 2.13. The van der Waals surface area contributed by atoms with Crippen LogP contribution in [0.1, 0.15) is 13.3 Å². The van der Waals surface area contributed by atoms with Gasteiger partial charge in [0.05, 0.1) is 7.11 Å². The van der Waals surface area contributed by atoms with E-state index in [1.165, 1.54) is 13.5 Å². The second-order valence-electron chi connectivity index (χ2n) is 1.94. The van der Waals surface area contributed by atoms with Crippen molar-refractivity contribution in [3.05, 3.63) is 12.2 Å². The molecule has 0 saturated heterocycles. The number of hydrogen-bond donors (Lipinski definition) is 0. The molecule has 0 spiro atoms. The number of alkyl halides is 1. The van der Waals surface area contributed by atoms with Crippen molar-refractivity contribution >= 4 is 17.5 Å². The molecule has 12 heavy (non-hydrogen) atoms. The standard InChI is InChI=1S/C7H13NO2.CH3Cl/c1-5-6(2)7(9)8(3)10-4;1-2/h2,5H2,1,3-4H3;1H3. The van der Waals surface area contributed by atoms with Crippen LogP contribution < -0.4 is 0 Å². The smallest absolute Gasteiger partial charge is 0.272 e. The third-order valence-corrected chi connectivity index (χ3v) is 1.29. The highest BCUT2D eigenvalue weighted by atomic mass is 35.5. The van der Waals surface area contributed by atoms with Crippen molar-refractivity contribution < 1.29 is 9.63 Å². The van der Waals surface area contributed by atoms with Crippen LogP contribution >= 0.6 is 11.6 Å². The quantitative estimate of drug-likeness (QED) is 0.389. The zero-order valence-electron chi connectivity index (χ0n) is 8.06. The third-order valence-electron chi connectivity index (χ3n) is 1.29. The molecule has 0 unspecified atom stereocenters. The summed E-state index contributed by atoms with van der Waals surface area (Å²) in [4.78, 5) is 15.7. The Labute approximate surface area is 78.9 Å². The Morgan fingerprint density at radius 2 is 2.00 bits per heavy atom. The van der Waals surface area contributed by atoms with Crippen molar-refractivity contribution in [3.63, 3.8) is 0 Å². The molecule has 0 fully saturated rings. The maximum absolute atomic E-state index is 11.0. The van der Waals surface area contributed by atoms with Crippen LogP contribution in [0, 0.1) is 0 Å². The molecule has 0 aromatic rings. The lowest BCUT2D eigenvalue weighted by Crippen LogP contribution is -2.26. The van der Waals surface area contributed by atoms with Crippen LogP contribution in [0.3, 0.4) is 0 Å². The predicted octanol–water partition coefficient (Wildman–Crippen LogP) is 1.83. The van der Waals surface area contributed by atoms with E-state index < -0.39 is 0 Å². The average molecular weight is 194 g/mol. The van der Waals surface area contributed by atoms with E-state index in [0.29, 0.717) is 12.0 Å². The summed E-state index contributed by atoms with van der Waals surface area (Å²) < 4.78 is 0. The molecule has 4 heteroatoms. The van der Waals surface area contributed by atoms with Crippen molar-refractivity contribution in [3.8, 4) is 0 Å². The number of hydrogen-bond acceptors (Lipinski definition) is 2. The molecule has 0 saturated carbocycles. The SMILES string of the molecule is C=C(CC)C(=O)N(C)OC.CCl. The van der Waals surface area contributed by atoms with E-state index >= 15 is 0 Å². The zero-order chi connectivity index (χ0) is 10.1. The van der Waals surface area contributed by atoms with Gasteiger partial charge in [-0.15, -0.1) is 11.6 Å². The van der Waals surface area contributed by atoms with Crippen LogP contribution in [0.4, 0.5) is 0 Å². The maximum atomic E-state index is 11.0. The number of carbonyl (C=O) groups is 1. The Balaban J connectivity index is 0. The van der Waals surface area contributed by atoms with Crippen molar-refractivity contribution in [2.75, 3.05) is 20.5 Å². The molecule has 0 N–H and O–H groups in total. The monoisotopic (exact) mass is 193 g/mol. The summed E-state index contributed by atoms with van der Waals surface area (Å²) in [5.41, 5.74) is 0.560. The number of halogens is 1. The number of amides is 1. The first-order chi connectivity index (χ1) is 5.63. The van der Waals surface area contributed by atoms with Gasteiger partial charge in [0.2, 0.25) is 0 Å². The molecule has 0 aliphatic heterocycles. The molecular weight excluding hydrogens is 178 g/mol. The van der Waals surface area contributed by atoms with Gasteiger partial charge in [0.25, 0.3) is 5.91 Å². The first-order valence-electron chi connectivity index (χ1n) is 3.51. The average Bonchev–Trinajstić information content (AvgIpc) is 2.17. The fourth-order valence-electron chi connectivity index (χ4n) is 0.457. The lowest BCUT2D eigenvalue weighted by atomic mass is 10.2. The van der Waals surface area contributed by atoms with Gasteiger partial charge in [-0.25, -0.2) is 5.06 Å². The first kappa shape index (κ1) is 14.0. The van der Waals surface area contributed by atoms with E-state index in [2.05, 4.69) is 23.0 Å². The molecule has 1 amide bonds. The van der Waals surface area contributed by atoms with Gasteiger partial charge in [0, 0.05) is 19.0 Å². The van der Waals surface area contributed by atoms with Crippen LogP contribution in [0.15, 0.2) is 12.2 Å². The predicted molar refractivity (Wildman–Crippen MR) is 51.0 cm³/mol. The highest BCUT2D eigenvalue weighted by molar-refractivity contribution is 6.15. The van der Waals surface area contributed by atoms with Crippen LogP contribution in [0.5, 0.6) is 0 Å². The number of likely N-dealkylation sites (N-methyl/N-ethyl adjacent to an activating group) is 1. The Morgan fingerprint density at radius 1 is 1.58 bits per heavy atom. The highest BCUT2D eigenvalue weighted by Gasteiger charge is 2.09. The fourth-order valence-corrected chi connectivity index (χ4v) is 0.457. The Hall–Kier alpha value is -0.540. The van der Waals surface area contributed by atoms with E-state index in [0.717, 1.165) is 5.06 Å². The highest BCUT2D eigenvalue weighted by Crippen LogP contribution is 2.00. The third kappa shape index (κ3) is 5.16. The zero-order valence-corrected chi connectivity index (χ0v) is 8.81. The summed E-state index contributed by atoms with van der Waals surface area (Å²) in [6.45, 7) is 5.45. The Bertz CT molecular complexity index is 148. The molecule has 0 aliphatic rings. The molecule has 0 atom stereocenters. The molecule has 0 heterocycles. The van der Waals surface area contributed by atoms with Gasteiger partial charge in [0.1, 0.15) is 0 Å². The molecular formula is C8H16ClNO2. The lowest BCUT2D eigenvalue weighted by molar-refractivity contribution is -0.164. The molecule has 0 aromatic carbocycles. The van der Waals surface area contributed by atoms with Gasteiger partial charge in [-0.1, -0.05) is 13.5 Å². The molecule has 0 aliphatic carbocycles. The number of carbonyl (C=O) groups excluding carboxylic acids is 1. The van der Waals surface area contributed by atoms with Gasteiger partial charge < -0.3 is 0 Å². The summed E-state index contributed by atoms with van der Waals surface area (Å²) in [5, 5.41) is 1.16. The van der Waals surface area contributed by atoms with E-state index in [1.807, 2.05) is 6.92 Å². The molecule has 0 radical (unpaired) electrons. The topological polar surface area (TPSA) is 29.5 Å².